The van der Waals surface area contributed by atoms with Crippen molar-refractivity contribution in [3.8, 4) is 0 Å². The molecule has 88 valence electrons. The number of amides is 1. The Kier molecular flexibility index (Phi) is 2.93. The number of aryl methyl sites for hydroxylation is 2. The van der Waals surface area contributed by atoms with Crippen molar-refractivity contribution in [2.24, 2.45) is 7.05 Å². The molecule has 1 aromatic heterocycles. The van der Waals surface area contributed by atoms with Crippen LogP contribution in [-0.2, 0) is 7.05 Å². The first-order valence-electron chi connectivity index (χ1n) is 5.44. The smallest absolute Gasteiger partial charge is 0.257 e. The van der Waals surface area contributed by atoms with Crippen LogP contribution in [0.2, 0.25) is 0 Å². The minimum Gasteiger partial charge on any atom is -0.337 e. The summed E-state index contributed by atoms with van der Waals surface area (Å²) in [6, 6.07) is 0. The summed E-state index contributed by atoms with van der Waals surface area (Å²) in [5.74, 6) is 0.0613. The van der Waals surface area contributed by atoms with E-state index in [2.05, 4.69) is 5.10 Å². The maximum Gasteiger partial charge on any atom is 0.257 e. The van der Waals surface area contributed by atoms with Crippen molar-refractivity contribution in [1.82, 2.24) is 14.7 Å². The van der Waals surface area contributed by atoms with Gasteiger partial charge in [-0.05, 0) is 20.3 Å². The van der Waals surface area contributed by atoms with Gasteiger partial charge in [0.05, 0.1) is 16.6 Å². The summed E-state index contributed by atoms with van der Waals surface area (Å²) in [7, 11) is 1.85. The van der Waals surface area contributed by atoms with Gasteiger partial charge in [0.2, 0.25) is 0 Å². The minimum atomic E-state index is 0.0613. The molecule has 2 rings (SSSR count). The van der Waals surface area contributed by atoms with E-state index in [1.54, 1.807) is 4.68 Å². The summed E-state index contributed by atoms with van der Waals surface area (Å²) in [4.78, 5) is 14.1. The fourth-order valence-electron chi connectivity index (χ4n) is 2.14. The summed E-state index contributed by atoms with van der Waals surface area (Å²) in [6.45, 7) is 5.19. The molecule has 1 atom stereocenters. The van der Waals surface area contributed by atoms with Crippen LogP contribution in [0.5, 0.6) is 0 Å². The molecule has 1 saturated heterocycles. The number of rotatable bonds is 1. The number of hydrogen-bond donors (Lipinski definition) is 0. The van der Waals surface area contributed by atoms with Crippen molar-refractivity contribution < 1.29 is 4.79 Å². The SMILES string of the molecule is Cc1nn(C)c(C)c1C(=O)N1CCC(Cl)C1. The zero-order valence-corrected chi connectivity index (χ0v) is 10.6. The lowest BCUT2D eigenvalue weighted by molar-refractivity contribution is 0.0791. The average molecular weight is 242 g/mol. The molecule has 1 aromatic rings. The Bertz CT molecular complexity index is 427. The lowest BCUT2D eigenvalue weighted by Gasteiger charge is -2.15. The van der Waals surface area contributed by atoms with E-state index in [9.17, 15) is 4.79 Å². The van der Waals surface area contributed by atoms with Gasteiger partial charge >= 0.3 is 0 Å². The van der Waals surface area contributed by atoms with Crippen molar-refractivity contribution in [3.63, 3.8) is 0 Å². The molecule has 1 fully saturated rings. The fourth-order valence-corrected chi connectivity index (χ4v) is 2.41. The number of nitrogens with zero attached hydrogens (tertiary/aromatic N) is 3. The van der Waals surface area contributed by atoms with Crippen LogP contribution >= 0.6 is 11.6 Å². The van der Waals surface area contributed by atoms with Crippen LogP contribution in [0.25, 0.3) is 0 Å². The van der Waals surface area contributed by atoms with Crippen LogP contribution in [-0.4, -0.2) is 39.1 Å². The van der Waals surface area contributed by atoms with Crippen LogP contribution in [0.15, 0.2) is 0 Å². The van der Waals surface area contributed by atoms with Crippen molar-refractivity contribution in [2.45, 2.75) is 25.6 Å². The molecule has 1 amide bonds. The Balaban J connectivity index is 2.27. The quantitative estimate of drug-likeness (QED) is 0.699. The van der Waals surface area contributed by atoms with Crippen LogP contribution in [0.4, 0.5) is 0 Å². The van der Waals surface area contributed by atoms with E-state index in [4.69, 9.17) is 11.6 Å². The zero-order valence-electron chi connectivity index (χ0n) is 9.83. The first kappa shape index (κ1) is 11.5. The molecule has 0 saturated carbocycles. The molecule has 0 bridgehead atoms. The van der Waals surface area contributed by atoms with Gasteiger partial charge in [-0.3, -0.25) is 9.48 Å². The van der Waals surface area contributed by atoms with Gasteiger partial charge in [-0.15, -0.1) is 11.6 Å². The molecule has 16 heavy (non-hydrogen) atoms. The third-order valence-electron chi connectivity index (χ3n) is 3.14. The van der Waals surface area contributed by atoms with Gasteiger partial charge in [0.25, 0.3) is 5.91 Å². The number of carbonyl (C=O) groups excluding carboxylic acids is 1. The number of alkyl halides is 1. The Labute approximate surface area is 100 Å². The number of hydrogen-bond acceptors (Lipinski definition) is 2. The molecule has 0 spiro atoms. The first-order chi connectivity index (χ1) is 7.50. The standard InChI is InChI=1S/C11H16ClN3O/c1-7-10(8(2)14(3)13-7)11(16)15-5-4-9(12)6-15/h9H,4-6H2,1-3H3. The summed E-state index contributed by atoms with van der Waals surface area (Å²) < 4.78 is 1.75. The molecule has 5 heteroatoms. The normalized spacial score (nSPS) is 20.5. The summed E-state index contributed by atoms with van der Waals surface area (Å²) in [5, 5.41) is 4.36. The summed E-state index contributed by atoms with van der Waals surface area (Å²) in [6.07, 6.45) is 0.881. The second-order valence-corrected chi connectivity index (χ2v) is 4.92. The van der Waals surface area contributed by atoms with Gasteiger partial charge in [-0.1, -0.05) is 0 Å². The Hall–Kier alpha value is -1.03. The van der Waals surface area contributed by atoms with E-state index < -0.39 is 0 Å². The third kappa shape index (κ3) is 1.82. The molecule has 2 heterocycles. The van der Waals surface area contributed by atoms with Crippen molar-refractivity contribution >= 4 is 17.5 Å². The van der Waals surface area contributed by atoms with Crippen LogP contribution < -0.4 is 0 Å². The van der Waals surface area contributed by atoms with Gasteiger partial charge in [0, 0.05) is 25.8 Å². The highest BCUT2D eigenvalue weighted by Crippen LogP contribution is 2.20. The lowest BCUT2D eigenvalue weighted by atomic mass is 10.2. The number of aromatic nitrogens is 2. The van der Waals surface area contributed by atoms with E-state index in [0.717, 1.165) is 29.9 Å². The summed E-state index contributed by atoms with van der Waals surface area (Å²) in [5.41, 5.74) is 2.44. The largest absolute Gasteiger partial charge is 0.337 e. The van der Waals surface area contributed by atoms with Crippen LogP contribution in [0, 0.1) is 13.8 Å². The van der Waals surface area contributed by atoms with E-state index in [1.807, 2.05) is 25.8 Å². The van der Waals surface area contributed by atoms with E-state index >= 15 is 0 Å². The van der Waals surface area contributed by atoms with Gasteiger partial charge < -0.3 is 4.90 Å². The molecule has 0 radical (unpaired) electrons. The van der Waals surface area contributed by atoms with Gasteiger partial charge in [-0.2, -0.15) is 5.10 Å². The van der Waals surface area contributed by atoms with Gasteiger partial charge in [-0.25, -0.2) is 0 Å². The molecule has 0 aliphatic carbocycles. The number of likely N-dealkylation sites (tertiary alicyclic amines) is 1. The van der Waals surface area contributed by atoms with Gasteiger partial charge in [0.15, 0.2) is 0 Å². The van der Waals surface area contributed by atoms with Crippen LogP contribution in [0.1, 0.15) is 28.2 Å². The Morgan fingerprint density at radius 2 is 2.19 bits per heavy atom. The van der Waals surface area contributed by atoms with Crippen molar-refractivity contribution in [2.75, 3.05) is 13.1 Å². The second-order valence-electron chi connectivity index (χ2n) is 4.31. The lowest BCUT2D eigenvalue weighted by Crippen LogP contribution is -2.29. The Morgan fingerprint density at radius 1 is 1.50 bits per heavy atom. The number of halogens is 1. The predicted molar refractivity (Wildman–Crippen MR) is 62.8 cm³/mol. The highest BCUT2D eigenvalue weighted by Gasteiger charge is 2.28. The topological polar surface area (TPSA) is 38.1 Å². The molecule has 0 aromatic carbocycles. The second kappa shape index (κ2) is 4.09. The monoisotopic (exact) mass is 241 g/mol. The zero-order chi connectivity index (χ0) is 11.9. The molecule has 0 N–H and O–H groups in total. The third-order valence-corrected chi connectivity index (χ3v) is 3.50. The average Bonchev–Trinajstić information content (AvgIpc) is 2.73. The van der Waals surface area contributed by atoms with Crippen LogP contribution in [0.3, 0.4) is 0 Å². The minimum absolute atomic E-state index is 0.0613. The molecule has 1 aliphatic rings. The first-order valence-corrected chi connectivity index (χ1v) is 5.88. The molecular weight excluding hydrogens is 226 g/mol. The molecule has 1 unspecified atom stereocenters. The highest BCUT2D eigenvalue weighted by molar-refractivity contribution is 6.21. The van der Waals surface area contributed by atoms with E-state index in [1.165, 1.54) is 0 Å². The molecule has 4 nitrogen and oxygen atoms in total. The molecular formula is C11H16ClN3O. The van der Waals surface area contributed by atoms with Gasteiger partial charge in [0.1, 0.15) is 0 Å². The Morgan fingerprint density at radius 3 is 2.62 bits per heavy atom. The van der Waals surface area contributed by atoms with E-state index in [-0.39, 0.29) is 11.3 Å². The predicted octanol–water partition coefficient (Wildman–Crippen LogP) is 1.49. The van der Waals surface area contributed by atoms with Crippen molar-refractivity contribution in [1.29, 1.82) is 0 Å². The number of carbonyl (C=O) groups is 1. The highest BCUT2D eigenvalue weighted by atomic mass is 35.5. The molecule has 1 aliphatic heterocycles. The summed E-state index contributed by atoms with van der Waals surface area (Å²) >= 11 is 6.01. The fraction of sp³-hybridized carbons (Fsp3) is 0.636. The maximum absolute atomic E-state index is 12.3. The van der Waals surface area contributed by atoms with E-state index in [0.29, 0.717) is 6.54 Å². The van der Waals surface area contributed by atoms with Crippen molar-refractivity contribution in [3.05, 3.63) is 17.0 Å². The maximum atomic E-state index is 12.3.